The number of aliphatic carboxylic acids is 1. The summed E-state index contributed by atoms with van der Waals surface area (Å²) in [5, 5.41) is 17.3. The molecule has 1 aromatic rings. The molecule has 1 aliphatic rings. The maximum Gasteiger partial charge on any atom is 0.334 e. The van der Waals surface area contributed by atoms with Gasteiger partial charge in [-0.25, -0.2) is 9.80 Å². The summed E-state index contributed by atoms with van der Waals surface area (Å²) in [6.45, 7) is 1.69. The number of rotatable bonds is 5. The molecule has 0 aliphatic carbocycles. The average molecular weight is 317 g/mol. The van der Waals surface area contributed by atoms with Crippen molar-refractivity contribution in [1.29, 1.82) is 0 Å². The lowest BCUT2D eigenvalue weighted by Crippen LogP contribution is -2.54. The molecule has 1 atom stereocenters. The molecule has 0 radical (unpaired) electrons. The molecule has 1 unspecified atom stereocenters. The van der Waals surface area contributed by atoms with E-state index in [4.69, 9.17) is 0 Å². The van der Waals surface area contributed by atoms with Gasteiger partial charge < -0.3 is 10.4 Å². The van der Waals surface area contributed by atoms with Gasteiger partial charge in [0.15, 0.2) is 5.54 Å². The fraction of sp³-hybridized carbons (Fsp3) is 0.375. The van der Waals surface area contributed by atoms with Crippen LogP contribution in [0.3, 0.4) is 0 Å². The number of hydrogen-bond acceptors (Lipinski definition) is 4. The molecule has 0 spiro atoms. The van der Waals surface area contributed by atoms with Crippen molar-refractivity contribution in [3.8, 4) is 0 Å². The first kappa shape index (κ1) is 16.7. The van der Waals surface area contributed by atoms with E-state index in [9.17, 15) is 19.5 Å². The first-order valence-electron chi connectivity index (χ1n) is 7.36. The Balaban J connectivity index is 2.32. The number of benzene rings is 1. The zero-order chi connectivity index (χ0) is 17.0. The van der Waals surface area contributed by atoms with Crippen LogP contribution >= 0.6 is 0 Å². The summed E-state index contributed by atoms with van der Waals surface area (Å²) in [6.07, 6.45) is 0.559. The lowest BCUT2D eigenvalue weighted by Gasteiger charge is -2.30. The van der Waals surface area contributed by atoms with Gasteiger partial charge in [0, 0.05) is 19.9 Å². The third kappa shape index (κ3) is 3.23. The standard InChI is InChI=1S/C16H19N3O4/c1-3-16(15(22)23,11-7-5-4-6-8-11)17-14(21)12-9-10-13(20)19(2)18-12/h4-8H,3,9-10H2,1-2H3,(H,17,21)(H,22,23). The smallest absolute Gasteiger partial charge is 0.334 e. The predicted octanol–water partition coefficient (Wildman–Crippen LogP) is 1.10. The third-order valence-corrected chi connectivity index (χ3v) is 3.96. The monoisotopic (exact) mass is 317 g/mol. The molecule has 2 amide bonds. The van der Waals surface area contributed by atoms with Crippen molar-refractivity contribution >= 4 is 23.5 Å². The first-order chi connectivity index (χ1) is 10.9. The zero-order valence-corrected chi connectivity index (χ0v) is 13.1. The Morgan fingerprint density at radius 2 is 1.96 bits per heavy atom. The average Bonchev–Trinajstić information content (AvgIpc) is 2.55. The Morgan fingerprint density at radius 3 is 2.48 bits per heavy atom. The predicted molar refractivity (Wildman–Crippen MR) is 83.6 cm³/mol. The Labute approximate surface area is 134 Å². The molecular formula is C16H19N3O4. The van der Waals surface area contributed by atoms with Crippen LogP contribution in [0.5, 0.6) is 0 Å². The summed E-state index contributed by atoms with van der Waals surface area (Å²) in [5.74, 6) is -1.89. The Morgan fingerprint density at radius 1 is 1.30 bits per heavy atom. The first-order valence-corrected chi connectivity index (χ1v) is 7.36. The number of nitrogens with one attached hydrogen (secondary N) is 1. The van der Waals surface area contributed by atoms with Crippen molar-refractivity contribution < 1.29 is 19.5 Å². The van der Waals surface area contributed by atoms with E-state index >= 15 is 0 Å². The summed E-state index contributed by atoms with van der Waals surface area (Å²) >= 11 is 0. The molecule has 0 saturated heterocycles. The summed E-state index contributed by atoms with van der Waals surface area (Å²) in [6, 6.07) is 8.55. The summed E-state index contributed by atoms with van der Waals surface area (Å²) < 4.78 is 0. The molecule has 7 heteroatoms. The van der Waals surface area contributed by atoms with Gasteiger partial charge in [0.2, 0.25) is 5.91 Å². The molecule has 1 aromatic carbocycles. The summed E-state index contributed by atoms with van der Waals surface area (Å²) in [7, 11) is 1.47. The molecule has 1 aliphatic heterocycles. The summed E-state index contributed by atoms with van der Waals surface area (Å²) in [5.41, 5.74) is -0.882. The van der Waals surface area contributed by atoms with Crippen molar-refractivity contribution in [1.82, 2.24) is 10.3 Å². The topological polar surface area (TPSA) is 99.1 Å². The van der Waals surface area contributed by atoms with Crippen molar-refractivity contribution in [2.45, 2.75) is 31.7 Å². The lowest BCUT2D eigenvalue weighted by molar-refractivity contribution is -0.147. The molecule has 0 fully saturated rings. The molecule has 1 heterocycles. The molecular weight excluding hydrogens is 298 g/mol. The Kier molecular flexibility index (Phi) is 4.78. The maximum absolute atomic E-state index is 12.5. The zero-order valence-electron chi connectivity index (χ0n) is 13.1. The number of hydrazone groups is 1. The van der Waals surface area contributed by atoms with Gasteiger partial charge in [-0.2, -0.15) is 5.10 Å². The number of hydrogen-bond donors (Lipinski definition) is 2. The van der Waals surface area contributed by atoms with Crippen LogP contribution in [0.25, 0.3) is 0 Å². The maximum atomic E-state index is 12.5. The minimum atomic E-state index is -1.53. The van der Waals surface area contributed by atoms with Gasteiger partial charge in [-0.05, 0) is 12.0 Å². The van der Waals surface area contributed by atoms with Gasteiger partial charge in [-0.1, -0.05) is 37.3 Å². The van der Waals surface area contributed by atoms with Gasteiger partial charge in [-0.3, -0.25) is 9.59 Å². The second kappa shape index (κ2) is 6.60. The van der Waals surface area contributed by atoms with Gasteiger partial charge in [0.25, 0.3) is 5.91 Å². The van der Waals surface area contributed by atoms with Gasteiger partial charge in [-0.15, -0.1) is 0 Å². The number of carbonyl (C=O) groups excluding carboxylic acids is 2. The molecule has 2 rings (SSSR count). The molecule has 0 bridgehead atoms. The Hall–Kier alpha value is -2.70. The molecule has 2 N–H and O–H groups in total. The van der Waals surface area contributed by atoms with Crippen molar-refractivity contribution in [3.05, 3.63) is 35.9 Å². The van der Waals surface area contributed by atoms with Crippen molar-refractivity contribution in [2.75, 3.05) is 7.05 Å². The normalized spacial score (nSPS) is 17.2. The molecule has 7 nitrogen and oxygen atoms in total. The van der Waals surface area contributed by atoms with Gasteiger partial charge in [0.05, 0.1) is 0 Å². The largest absolute Gasteiger partial charge is 0.479 e. The highest BCUT2D eigenvalue weighted by molar-refractivity contribution is 6.40. The van der Waals surface area contributed by atoms with Crippen LogP contribution in [0.4, 0.5) is 0 Å². The van der Waals surface area contributed by atoms with Crippen LogP contribution in [-0.4, -0.2) is 40.7 Å². The van der Waals surface area contributed by atoms with Crippen molar-refractivity contribution in [2.24, 2.45) is 5.10 Å². The molecule has 0 aromatic heterocycles. The molecule has 0 saturated carbocycles. The van der Waals surface area contributed by atoms with Crippen LogP contribution in [0, 0.1) is 0 Å². The fourth-order valence-electron chi connectivity index (χ4n) is 2.51. The number of amides is 2. The van der Waals surface area contributed by atoms with Crippen LogP contribution in [-0.2, 0) is 19.9 Å². The minimum absolute atomic E-state index is 0.155. The van der Waals surface area contributed by atoms with E-state index in [1.807, 2.05) is 0 Å². The van der Waals surface area contributed by atoms with Crippen molar-refractivity contribution in [3.63, 3.8) is 0 Å². The quantitative estimate of drug-likeness (QED) is 0.849. The third-order valence-electron chi connectivity index (χ3n) is 3.96. The number of carbonyl (C=O) groups is 3. The van der Waals surface area contributed by atoms with Crippen LogP contribution < -0.4 is 5.32 Å². The number of nitrogens with zero attached hydrogens (tertiary/aromatic N) is 2. The van der Waals surface area contributed by atoms with E-state index in [-0.39, 0.29) is 30.9 Å². The fourth-order valence-corrected chi connectivity index (χ4v) is 2.51. The van der Waals surface area contributed by atoms with E-state index in [0.29, 0.717) is 5.56 Å². The van der Waals surface area contributed by atoms with Gasteiger partial charge >= 0.3 is 5.97 Å². The highest BCUT2D eigenvalue weighted by atomic mass is 16.4. The van der Waals surface area contributed by atoms with E-state index in [1.54, 1.807) is 37.3 Å². The van der Waals surface area contributed by atoms with Crippen LogP contribution in [0.1, 0.15) is 31.7 Å². The second-order valence-electron chi connectivity index (χ2n) is 5.35. The van der Waals surface area contributed by atoms with E-state index in [0.717, 1.165) is 5.01 Å². The second-order valence-corrected chi connectivity index (χ2v) is 5.35. The minimum Gasteiger partial charge on any atom is -0.479 e. The van der Waals surface area contributed by atoms with E-state index in [1.165, 1.54) is 7.05 Å². The SMILES string of the molecule is CCC(NC(=O)C1=NN(C)C(=O)CC1)(C(=O)O)c1ccccc1. The van der Waals surface area contributed by atoms with E-state index < -0.39 is 17.4 Å². The highest BCUT2D eigenvalue weighted by Crippen LogP contribution is 2.26. The van der Waals surface area contributed by atoms with Crippen LogP contribution in [0.15, 0.2) is 35.4 Å². The lowest BCUT2D eigenvalue weighted by atomic mass is 9.87. The number of carboxylic acid groups (broad SMARTS) is 1. The summed E-state index contributed by atoms with van der Waals surface area (Å²) in [4.78, 5) is 35.8. The number of carboxylic acids is 1. The Bertz CT molecular complexity index is 657. The van der Waals surface area contributed by atoms with Gasteiger partial charge in [0.1, 0.15) is 5.71 Å². The van der Waals surface area contributed by atoms with Crippen LogP contribution in [0.2, 0.25) is 0 Å². The molecule has 23 heavy (non-hydrogen) atoms. The molecule has 122 valence electrons. The van der Waals surface area contributed by atoms with E-state index in [2.05, 4.69) is 10.4 Å². The highest BCUT2D eigenvalue weighted by Gasteiger charge is 2.41.